The molecule has 0 aromatic heterocycles. The molecule has 0 bridgehead atoms. The van der Waals surface area contributed by atoms with Gasteiger partial charge in [-0.15, -0.1) is 0 Å². The first-order valence-corrected chi connectivity index (χ1v) is 6.09. The number of halogens is 3. The van der Waals surface area contributed by atoms with Crippen molar-refractivity contribution in [2.45, 2.75) is 32.0 Å². The number of carbonyl (C=O) groups excluding carboxylic acids is 1. The molecule has 0 aliphatic heterocycles. The number of nitrogens with one attached hydrogen (secondary N) is 1. The van der Waals surface area contributed by atoms with Gasteiger partial charge >= 0.3 is 6.18 Å². The van der Waals surface area contributed by atoms with Crippen LogP contribution in [0.2, 0.25) is 0 Å². The van der Waals surface area contributed by atoms with Crippen molar-refractivity contribution in [3.63, 3.8) is 0 Å². The third kappa shape index (κ3) is 3.63. The summed E-state index contributed by atoms with van der Waals surface area (Å²) < 4.78 is 43.4. The summed E-state index contributed by atoms with van der Waals surface area (Å²) in [7, 11) is 0. The van der Waals surface area contributed by atoms with Crippen molar-refractivity contribution < 1.29 is 22.7 Å². The van der Waals surface area contributed by atoms with Gasteiger partial charge in [-0.2, -0.15) is 13.2 Å². The van der Waals surface area contributed by atoms with Crippen LogP contribution in [-0.4, -0.2) is 24.2 Å². The molecule has 1 unspecified atom stereocenters. The maximum atomic E-state index is 12.7. The fraction of sp³-hybridized carbons (Fsp3) is 0.462. The van der Waals surface area contributed by atoms with Gasteiger partial charge in [0.25, 0.3) is 5.91 Å². The Labute approximate surface area is 115 Å². The molecule has 0 heterocycles. The lowest BCUT2D eigenvalue weighted by Crippen LogP contribution is -2.59. The van der Waals surface area contributed by atoms with Crippen molar-refractivity contribution in [3.05, 3.63) is 24.3 Å². The molecular weight excluding hydrogens is 273 g/mol. The number of anilines is 1. The van der Waals surface area contributed by atoms with Gasteiger partial charge in [0.05, 0.1) is 12.3 Å². The number of benzene rings is 1. The van der Waals surface area contributed by atoms with E-state index in [1.165, 1.54) is 6.07 Å². The molecule has 0 aliphatic carbocycles. The maximum Gasteiger partial charge on any atom is 0.415 e. The molecule has 1 aromatic carbocycles. The van der Waals surface area contributed by atoms with Gasteiger partial charge in [-0.05, 0) is 25.5 Å². The maximum absolute atomic E-state index is 12.7. The average molecular weight is 290 g/mol. The Bertz CT molecular complexity index is 473. The van der Waals surface area contributed by atoms with E-state index in [-0.39, 0.29) is 5.69 Å². The van der Waals surface area contributed by atoms with E-state index >= 15 is 0 Å². The summed E-state index contributed by atoms with van der Waals surface area (Å²) in [6.45, 7) is 2.91. The van der Waals surface area contributed by atoms with Gasteiger partial charge in [0, 0.05) is 0 Å². The molecule has 1 aromatic rings. The van der Waals surface area contributed by atoms with E-state index in [1.54, 1.807) is 18.2 Å². The topological polar surface area (TPSA) is 64.3 Å². The van der Waals surface area contributed by atoms with Crippen molar-refractivity contribution in [2.75, 3.05) is 11.9 Å². The first-order chi connectivity index (χ1) is 9.20. The van der Waals surface area contributed by atoms with Gasteiger partial charge in [-0.3, -0.25) is 4.79 Å². The second-order valence-corrected chi connectivity index (χ2v) is 4.50. The van der Waals surface area contributed by atoms with Crippen molar-refractivity contribution in [1.82, 2.24) is 0 Å². The predicted molar refractivity (Wildman–Crippen MR) is 69.5 cm³/mol. The molecule has 0 aliphatic rings. The molecule has 1 amide bonds. The number of ether oxygens (including phenoxy) is 1. The number of para-hydroxylation sites is 2. The van der Waals surface area contributed by atoms with Gasteiger partial charge in [0.1, 0.15) is 5.75 Å². The molecule has 1 atom stereocenters. The minimum absolute atomic E-state index is 0.159. The Morgan fingerprint density at radius 1 is 1.35 bits per heavy atom. The largest absolute Gasteiger partial charge is 0.491 e. The van der Waals surface area contributed by atoms with Crippen molar-refractivity contribution in [1.29, 1.82) is 0 Å². The van der Waals surface area contributed by atoms with Crippen molar-refractivity contribution in [2.24, 2.45) is 5.73 Å². The summed E-state index contributed by atoms with van der Waals surface area (Å²) in [5.41, 5.74) is 2.25. The first kappa shape index (κ1) is 16.3. The molecule has 7 heteroatoms. The zero-order chi connectivity index (χ0) is 15.4. The summed E-state index contributed by atoms with van der Waals surface area (Å²) in [4.78, 5) is 11.7. The van der Waals surface area contributed by atoms with Gasteiger partial charge < -0.3 is 15.8 Å². The first-order valence-electron chi connectivity index (χ1n) is 6.09. The Hall–Kier alpha value is -1.76. The number of hydrogen-bond acceptors (Lipinski definition) is 3. The SMILES string of the molecule is CCCOc1ccccc1NC(=O)C(C)(N)C(F)(F)F. The van der Waals surface area contributed by atoms with Crippen LogP contribution < -0.4 is 15.8 Å². The fourth-order valence-corrected chi connectivity index (χ4v) is 1.29. The summed E-state index contributed by atoms with van der Waals surface area (Å²) in [6, 6.07) is 6.25. The highest BCUT2D eigenvalue weighted by Gasteiger charge is 2.54. The van der Waals surface area contributed by atoms with Crippen LogP contribution in [0.25, 0.3) is 0 Å². The third-order valence-corrected chi connectivity index (χ3v) is 2.66. The van der Waals surface area contributed by atoms with E-state index in [0.717, 1.165) is 6.42 Å². The zero-order valence-electron chi connectivity index (χ0n) is 11.3. The van der Waals surface area contributed by atoms with Crippen molar-refractivity contribution >= 4 is 11.6 Å². The molecule has 3 N–H and O–H groups in total. The summed E-state index contributed by atoms with van der Waals surface area (Å²) >= 11 is 0. The standard InChI is InChI=1S/C13H17F3N2O2/c1-3-8-20-10-7-5-4-6-9(10)18-11(19)12(2,17)13(14,15)16/h4-7H,3,8,17H2,1-2H3,(H,18,19). The monoisotopic (exact) mass is 290 g/mol. The number of hydrogen-bond donors (Lipinski definition) is 2. The number of carbonyl (C=O) groups is 1. The lowest BCUT2D eigenvalue weighted by molar-refractivity contribution is -0.184. The Morgan fingerprint density at radius 3 is 2.50 bits per heavy atom. The number of alkyl halides is 3. The quantitative estimate of drug-likeness (QED) is 0.876. The molecule has 112 valence electrons. The Morgan fingerprint density at radius 2 is 1.95 bits per heavy atom. The molecule has 0 saturated carbocycles. The smallest absolute Gasteiger partial charge is 0.415 e. The minimum Gasteiger partial charge on any atom is -0.491 e. The highest BCUT2D eigenvalue weighted by molar-refractivity contribution is 5.99. The molecule has 0 radical (unpaired) electrons. The summed E-state index contributed by atoms with van der Waals surface area (Å²) in [5.74, 6) is -1.03. The predicted octanol–water partition coefficient (Wildman–Crippen LogP) is 2.69. The van der Waals surface area contributed by atoms with Gasteiger partial charge in [0.2, 0.25) is 0 Å². The summed E-state index contributed by atoms with van der Waals surface area (Å²) in [5, 5.41) is 2.16. The minimum atomic E-state index is -4.84. The van der Waals surface area contributed by atoms with Crippen LogP contribution in [0.15, 0.2) is 24.3 Å². The Kier molecular flexibility index (Phi) is 4.99. The van der Waals surface area contributed by atoms with Crippen molar-refractivity contribution in [3.8, 4) is 5.75 Å². The highest BCUT2D eigenvalue weighted by atomic mass is 19.4. The molecule has 4 nitrogen and oxygen atoms in total. The van der Waals surface area contributed by atoms with Gasteiger partial charge in [0.15, 0.2) is 5.54 Å². The molecule has 0 spiro atoms. The van der Waals surface area contributed by atoms with Crippen LogP contribution in [-0.2, 0) is 4.79 Å². The van der Waals surface area contributed by atoms with Crippen LogP contribution in [0.5, 0.6) is 5.75 Å². The van der Waals surface area contributed by atoms with E-state index in [4.69, 9.17) is 10.5 Å². The second-order valence-electron chi connectivity index (χ2n) is 4.50. The van der Waals surface area contributed by atoms with E-state index in [9.17, 15) is 18.0 Å². The molecule has 0 saturated heterocycles. The normalized spacial score (nSPS) is 14.5. The average Bonchev–Trinajstić information content (AvgIpc) is 2.36. The fourth-order valence-electron chi connectivity index (χ4n) is 1.29. The van der Waals surface area contributed by atoms with E-state index in [0.29, 0.717) is 19.3 Å². The van der Waals surface area contributed by atoms with Crippen LogP contribution >= 0.6 is 0 Å². The van der Waals surface area contributed by atoms with E-state index in [2.05, 4.69) is 5.32 Å². The highest BCUT2D eigenvalue weighted by Crippen LogP contribution is 2.31. The molecule has 20 heavy (non-hydrogen) atoms. The van der Waals surface area contributed by atoms with Crippen LogP contribution in [0.3, 0.4) is 0 Å². The number of amides is 1. The Balaban J connectivity index is 2.91. The lowest BCUT2D eigenvalue weighted by Gasteiger charge is -2.26. The van der Waals surface area contributed by atoms with E-state index in [1.807, 2.05) is 6.92 Å². The zero-order valence-corrected chi connectivity index (χ0v) is 11.3. The molecule has 1 rings (SSSR count). The van der Waals surface area contributed by atoms with Gasteiger partial charge in [-0.25, -0.2) is 0 Å². The summed E-state index contributed by atoms with van der Waals surface area (Å²) in [6.07, 6.45) is -4.10. The number of nitrogens with two attached hydrogens (primary N) is 1. The third-order valence-electron chi connectivity index (χ3n) is 2.66. The van der Waals surface area contributed by atoms with Crippen LogP contribution in [0.4, 0.5) is 18.9 Å². The molecule has 0 fully saturated rings. The van der Waals surface area contributed by atoms with E-state index < -0.39 is 17.6 Å². The second kappa shape index (κ2) is 6.13. The number of rotatable bonds is 5. The molecular formula is C13H17F3N2O2. The van der Waals surface area contributed by atoms with Crippen LogP contribution in [0.1, 0.15) is 20.3 Å². The van der Waals surface area contributed by atoms with Crippen LogP contribution in [0, 0.1) is 0 Å². The van der Waals surface area contributed by atoms with Gasteiger partial charge in [-0.1, -0.05) is 19.1 Å². The lowest BCUT2D eigenvalue weighted by atomic mass is 10.0.